The third-order valence-corrected chi connectivity index (χ3v) is 6.87. The average Bonchev–Trinajstić information content (AvgIpc) is 3.24. The maximum Gasteiger partial charge on any atom is 0.329 e. The molecule has 0 amide bonds. The molecule has 5 rings (SSSR count). The Hall–Kier alpha value is -2.59. The highest BCUT2D eigenvalue weighted by molar-refractivity contribution is 5.76. The van der Waals surface area contributed by atoms with E-state index < -0.39 is 0 Å². The van der Waals surface area contributed by atoms with Gasteiger partial charge in [-0.15, -0.1) is 0 Å². The third kappa shape index (κ3) is 2.98. The van der Waals surface area contributed by atoms with Crippen LogP contribution < -0.4 is 11.0 Å². The number of nitrogens with one attached hydrogen (secondary N) is 1. The van der Waals surface area contributed by atoms with E-state index in [-0.39, 0.29) is 11.1 Å². The van der Waals surface area contributed by atoms with Gasteiger partial charge in [0.15, 0.2) is 0 Å². The van der Waals surface area contributed by atoms with Crippen molar-refractivity contribution in [3.8, 4) is 0 Å². The van der Waals surface area contributed by atoms with Crippen LogP contribution in [0.5, 0.6) is 0 Å². The van der Waals surface area contributed by atoms with Gasteiger partial charge in [-0.2, -0.15) is 0 Å². The summed E-state index contributed by atoms with van der Waals surface area (Å²) in [7, 11) is 0. The van der Waals surface area contributed by atoms with Gasteiger partial charge in [-0.1, -0.05) is 42.5 Å². The number of para-hydroxylation sites is 2. The van der Waals surface area contributed by atoms with Crippen LogP contribution in [-0.2, 0) is 24.9 Å². The van der Waals surface area contributed by atoms with Crippen LogP contribution in [0.1, 0.15) is 42.9 Å². The topological polar surface area (TPSA) is 39.0 Å². The molecule has 150 valence electrons. The molecule has 1 aliphatic carbocycles. The highest BCUT2D eigenvalue weighted by Crippen LogP contribution is 2.43. The Morgan fingerprint density at radius 3 is 2.52 bits per heavy atom. The van der Waals surface area contributed by atoms with Crippen molar-refractivity contribution in [3.63, 3.8) is 0 Å². The van der Waals surface area contributed by atoms with Crippen molar-refractivity contribution in [1.82, 2.24) is 14.5 Å². The molecule has 3 aromatic rings. The first-order chi connectivity index (χ1) is 14.2. The Balaban J connectivity index is 1.38. The van der Waals surface area contributed by atoms with E-state index in [0.29, 0.717) is 6.54 Å². The molecule has 1 fully saturated rings. The van der Waals surface area contributed by atoms with Crippen LogP contribution in [0, 0.1) is 0 Å². The number of hydrogen-bond acceptors (Lipinski definition) is 2. The van der Waals surface area contributed by atoms with Gasteiger partial charge in [0.1, 0.15) is 0 Å². The number of hydrogen-bond donors (Lipinski definition) is 1. The fraction of sp³-hybridized carbons (Fsp3) is 0.400. The minimum atomic E-state index is 0.112. The molecule has 0 saturated carbocycles. The van der Waals surface area contributed by atoms with Crippen molar-refractivity contribution in [1.29, 1.82) is 0 Å². The lowest BCUT2D eigenvalue weighted by Gasteiger charge is -2.34. The summed E-state index contributed by atoms with van der Waals surface area (Å²) in [6, 6.07) is 14.9. The second kappa shape index (κ2) is 7.34. The van der Waals surface area contributed by atoms with Crippen LogP contribution >= 0.6 is 0 Å². The summed E-state index contributed by atoms with van der Waals surface area (Å²) >= 11 is 0. The summed E-state index contributed by atoms with van der Waals surface area (Å²) in [5.41, 5.74) is 6.79. The standard InChI is InChI=1S/C25H29N3O/c1-2-27-22-10-3-4-11-23(22)28(24(27)29)18-6-8-19-7-5-9-21-20(19)12-13-25(21)14-16-26-17-15-25/h3-5,7,9-13,26H,2,6,8,14-18H2,1H3. The first-order valence-corrected chi connectivity index (χ1v) is 10.9. The van der Waals surface area contributed by atoms with Crippen molar-refractivity contribution < 1.29 is 0 Å². The maximum absolute atomic E-state index is 12.9. The molecule has 0 radical (unpaired) electrons. The minimum absolute atomic E-state index is 0.112. The molecular weight excluding hydrogens is 358 g/mol. The highest BCUT2D eigenvalue weighted by atomic mass is 16.1. The first kappa shape index (κ1) is 18.4. The zero-order chi connectivity index (χ0) is 19.8. The number of aromatic nitrogens is 2. The van der Waals surface area contributed by atoms with Crippen LogP contribution in [0.4, 0.5) is 0 Å². The lowest BCUT2D eigenvalue weighted by Crippen LogP contribution is -2.37. The Labute approximate surface area is 171 Å². The molecule has 0 unspecified atom stereocenters. The molecule has 0 atom stereocenters. The second-order valence-corrected chi connectivity index (χ2v) is 8.39. The predicted octanol–water partition coefficient (Wildman–Crippen LogP) is 4.10. The molecule has 2 aliphatic rings. The van der Waals surface area contributed by atoms with Gasteiger partial charge >= 0.3 is 5.69 Å². The summed E-state index contributed by atoms with van der Waals surface area (Å²) in [6.45, 7) is 5.69. The van der Waals surface area contributed by atoms with Crippen LogP contribution in [0.3, 0.4) is 0 Å². The van der Waals surface area contributed by atoms with Crippen molar-refractivity contribution in [2.24, 2.45) is 0 Å². The Bertz CT molecular complexity index is 1130. The third-order valence-electron chi connectivity index (χ3n) is 6.87. The van der Waals surface area contributed by atoms with E-state index in [2.05, 4.69) is 41.7 Å². The van der Waals surface area contributed by atoms with Crippen LogP contribution in [0.15, 0.2) is 53.3 Å². The second-order valence-electron chi connectivity index (χ2n) is 8.39. The zero-order valence-electron chi connectivity index (χ0n) is 17.2. The lowest BCUT2D eigenvalue weighted by molar-refractivity contribution is 0.378. The van der Waals surface area contributed by atoms with Gasteiger partial charge in [-0.25, -0.2) is 4.79 Å². The van der Waals surface area contributed by atoms with Crippen molar-refractivity contribution in [2.75, 3.05) is 13.1 Å². The van der Waals surface area contributed by atoms with Gasteiger partial charge < -0.3 is 5.32 Å². The predicted molar refractivity (Wildman–Crippen MR) is 119 cm³/mol. The molecule has 1 aromatic heterocycles. The van der Waals surface area contributed by atoms with Crippen LogP contribution in [0.2, 0.25) is 0 Å². The largest absolute Gasteiger partial charge is 0.329 e. The SMILES string of the molecule is CCn1c(=O)n(CCCc2cccc3c2C=CC32CCNCC2)c2ccccc21. The number of fused-ring (bicyclic) bond motifs is 3. The molecule has 4 nitrogen and oxygen atoms in total. The number of rotatable bonds is 5. The van der Waals surface area contributed by atoms with Gasteiger partial charge in [0.25, 0.3) is 0 Å². The summed E-state index contributed by atoms with van der Waals surface area (Å²) in [6.07, 6.45) is 9.14. The number of aryl methyl sites for hydroxylation is 3. The molecule has 2 aromatic carbocycles. The van der Waals surface area contributed by atoms with Crippen molar-refractivity contribution in [3.05, 3.63) is 75.7 Å². The quantitative estimate of drug-likeness (QED) is 0.716. The van der Waals surface area contributed by atoms with Gasteiger partial charge in [0, 0.05) is 18.5 Å². The number of piperidine rings is 1. The summed E-state index contributed by atoms with van der Waals surface area (Å²) in [5, 5.41) is 3.49. The Kier molecular flexibility index (Phi) is 4.67. The van der Waals surface area contributed by atoms with E-state index in [1.165, 1.54) is 29.5 Å². The van der Waals surface area contributed by atoms with E-state index in [1.807, 2.05) is 34.3 Å². The van der Waals surface area contributed by atoms with E-state index in [9.17, 15) is 4.79 Å². The fourth-order valence-electron chi connectivity index (χ4n) is 5.33. The molecular formula is C25H29N3O. The smallest absolute Gasteiger partial charge is 0.317 e. The van der Waals surface area contributed by atoms with Gasteiger partial charge in [-0.05, 0) is 74.5 Å². The Morgan fingerprint density at radius 1 is 1.00 bits per heavy atom. The fourth-order valence-corrected chi connectivity index (χ4v) is 5.33. The summed E-state index contributed by atoms with van der Waals surface area (Å²) in [5.74, 6) is 0. The zero-order valence-corrected chi connectivity index (χ0v) is 17.2. The van der Waals surface area contributed by atoms with E-state index in [4.69, 9.17) is 0 Å². The molecule has 1 aliphatic heterocycles. The molecule has 1 saturated heterocycles. The molecule has 2 heterocycles. The molecule has 0 bridgehead atoms. The average molecular weight is 388 g/mol. The maximum atomic E-state index is 12.9. The highest BCUT2D eigenvalue weighted by Gasteiger charge is 2.36. The van der Waals surface area contributed by atoms with Crippen molar-refractivity contribution in [2.45, 2.75) is 51.1 Å². The Morgan fingerprint density at radius 2 is 1.76 bits per heavy atom. The summed E-state index contributed by atoms with van der Waals surface area (Å²) in [4.78, 5) is 12.9. The van der Waals surface area contributed by atoms with E-state index in [0.717, 1.165) is 43.5 Å². The number of imidazole rings is 1. The molecule has 1 spiro atoms. The van der Waals surface area contributed by atoms with Crippen molar-refractivity contribution >= 4 is 17.1 Å². The van der Waals surface area contributed by atoms with Gasteiger partial charge in [-0.3, -0.25) is 9.13 Å². The van der Waals surface area contributed by atoms with Crippen LogP contribution in [0.25, 0.3) is 17.1 Å². The first-order valence-electron chi connectivity index (χ1n) is 10.9. The van der Waals surface area contributed by atoms with Gasteiger partial charge in [0.05, 0.1) is 11.0 Å². The molecule has 1 N–H and O–H groups in total. The number of nitrogens with zero attached hydrogens (tertiary/aromatic N) is 2. The van der Waals surface area contributed by atoms with Crippen LogP contribution in [-0.4, -0.2) is 22.2 Å². The molecule has 4 heteroatoms. The number of allylic oxidation sites excluding steroid dienone is 1. The summed E-state index contributed by atoms with van der Waals surface area (Å²) < 4.78 is 3.82. The van der Waals surface area contributed by atoms with E-state index in [1.54, 1.807) is 0 Å². The van der Waals surface area contributed by atoms with Gasteiger partial charge in [0.2, 0.25) is 0 Å². The number of benzene rings is 2. The normalized spacial score (nSPS) is 17.3. The molecule has 29 heavy (non-hydrogen) atoms. The minimum Gasteiger partial charge on any atom is -0.317 e. The monoisotopic (exact) mass is 387 g/mol. The van der Waals surface area contributed by atoms with E-state index >= 15 is 0 Å². The lowest BCUT2D eigenvalue weighted by atomic mass is 9.74.